The molecule has 202 valence electrons. The van der Waals surface area contributed by atoms with E-state index in [2.05, 4.69) is 20.6 Å². The molecule has 2 N–H and O–H groups in total. The van der Waals surface area contributed by atoms with Gasteiger partial charge >= 0.3 is 5.97 Å². The van der Waals surface area contributed by atoms with Crippen LogP contribution in [0.5, 0.6) is 0 Å². The third kappa shape index (κ3) is 7.11. The molecule has 3 aromatic rings. The second-order valence-corrected chi connectivity index (χ2v) is 8.60. The van der Waals surface area contributed by atoms with Crippen LogP contribution in [-0.4, -0.2) is 76.9 Å². The minimum absolute atomic E-state index is 0.0712. The van der Waals surface area contributed by atoms with E-state index >= 15 is 0 Å². The maximum absolute atomic E-state index is 13.1. The van der Waals surface area contributed by atoms with Crippen LogP contribution in [0.1, 0.15) is 27.6 Å². The van der Waals surface area contributed by atoms with Crippen LogP contribution >= 0.6 is 0 Å². The first-order chi connectivity index (χ1) is 18.8. The number of anilines is 3. The molecule has 1 aliphatic heterocycles. The van der Waals surface area contributed by atoms with E-state index in [9.17, 15) is 24.5 Å². The summed E-state index contributed by atoms with van der Waals surface area (Å²) in [6.45, 7) is 4.54. The Labute approximate surface area is 223 Å². The molecule has 39 heavy (non-hydrogen) atoms. The number of nitro benzene ring substituents is 1. The molecule has 1 aliphatic rings. The quantitative estimate of drug-likeness (QED) is 0.238. The van der Waals surface area contributed by atoms with Crippen LogP contribution in [0.3, 0.4) is 0 Å². The molecular weight excluding hydrogens is 506 g/mol. The summed E-state index contributed by atoms with van der Waals surface area (Å²) in [4.78, 5) is 61.0. The largest absolute Gasteiger partial charge is 0.462 e. The SMILES string of the molecule is CCOC(=O)c1ccc(NC(=O)c2cc([N+](=O)[O-])ccc2NC(=O)CN2CCN(c3ncccn3)CC2)cc1. The van der Waals surface area contributed by atoms with Gasteiger partial charge in [-0.15, -0.1) is 0 Å². The number of esters is 1. The van der Waals surface area contributed by atoms with Crippen molar-refractivity contribution in [1.82, 2.24) is 14.9 Å². The molecule has 4 rings (SSSR count). The Kier molecular flexibility index (Phi) is 8.74. The predicted molar refractivity (Wildman–Crippen MR) is 143 cm³/mol. The second-order valence-electron chi connectivity index (χ2n) is 8.60. The standard InChI is InChI=1S/C26H27N7O6/c1-2-39-25(36)18-4-6-19(7-5-18)29-24(35)21-16-20(33(37)38)8-9-22(21)30-23(34)17-31-12-14-32(15-13-31)26-27-10-3-11-28-26/h3-11,16H,2,12-15,17H2,1H3,(H,29,35)(H,30,34). The van der Waals surface area contributed by atoms with Crippen LogP contribution in [-0.2, 0) is 9.53 Å². The minimum Gasteiger partial charge on any atom is -0.462 e. The molecule has 2 aromatic carbocycles. The number of benzene rings is 2. The number of rotatable bonds is 9. The first-order valence-electron chi connectivity index (χ1n) is 12.2. The molecule has 13 heteroatoms. The van der Waals surface area contributed by atoms with E-state index in [1.807, 2.05) is 9.80 Å². The van der Waals surface area contributed by atoms with Crippen LogP contribution in [0.4, 0.5) is 23.0 Å². The number of carbonyl (C=O) groups excluding carboxylic acids is 3. The van der Waals surface area contributed by atoms with E-state index in [-0.39, 0.29) is 36.0 Å². The molecule has 0 bridgehead atoms. The maximum atomic E-state index is 13.1. The highest BCUT2D eigenvalue weighted by molar-refractivity contribution is 6.10. The van der Waals surface area contributed by atoms with Crippen molar-refractivity contribution in [3.8, 4) is 0 Å². The number of nitrogens with zero attached hydrogens (tertiary/aromatic N) is 5. The highest BCUT2D eigenvalue weighted by atomic mass is 16.6. The summed E-state index contributed by atoms with van der Waals surface area (Å²) >= 11 is 0. The number of hydrogen-bond acceptors (Lipinski definition) is 10. The Bertz CT molecular complexity index is 1340. The molecule has 1 aromatic heterocycles. The van der Waals surface area contributed by atoms with Crippen LogP contribution in [0, 0.1) is 10.1 Å². The lowest BCUT2D eigenvalue weighted by Gasteiger charge is -2.34. The van der Waals surface area contributed by atoms with Gasteiger partial charge in [-0.25, -0.2) is 14.8 Å². The normalized spacial score (nSPS) is 13.4. The molecule has 13 nitrogen and oxygen atoms in total. The molecule has 0 atom stereocenters. The van der Waals surface area contributed by atoms with Crippen molar-refractivity contribution >= 4 is 40.8 Å². The first-order valence-corrected chi connectivity index (χ1v) is 12.2. The maximum Gasteiger partial charge on any atom is 0.338 e. The molecule has 0 unspecified atom stereocenters. The van der Waals surface area contributed by atoms with Gasteiger partial charge in [-0.3, -0.25) is 24.6 Å². The van der Waals surface area contributed by atoms with Crippen molar-refractivity contribution in [1.29, 1.82) is 0 Å². The van der Waals surface area contributed by atoms with Gasteiger partial charge in [0, 0.05) is 56.4 Å². The molecule has 0 radical (unpaired) electrons. The van der Waals surface area contributed by atoms with Crippen LogP contribution in [0.25, 0.3) is 0 Å². The summed E-state index contributed by atoms with van der Waals surface area (Å²) in [6.07, 6.45) is 3.36. The first kappa shape index (κ1) is 27.1. The lowest BCUT2D eigenvalue weighted by Crippen LogP contribution is -2.49. The van der Waals surface area contributed by atoms with Crippen LogP contribution in [0.15, 0.2) is 60.9 Å². The van der Waals surface area contributed by atoms with Crippen molar-refractivity contribution in [2.45, 2.75) is 6.92 Å². The van der Waals surface area contributed by atoms with E-state index in [1.54, 1.807) is 25.4 Å². The fourth-order valence-electron chi connectivity index (χ4n) is 4.00. The van der Waals surface area contributed by atoms with Crippen LogP contribution < -0.4 is 15.5 Å². The zero-order valence-electron chi connectivity index (χ0n) is 21.2. The molecule has 2 heterocycles. The molecule has 1 fully saturated rings. The van der Waals surface area contributed by atoms with E-state index in [0.717, 1.165) is 6.07 Å². The summed E-state index contributed by atoms with van der Waals surface area (Å²) < 4.78 is 4.94. The average molecular weight is 534 g/mol. The molecular formula is C26H27N7O6. The van der Waals surface area contributed by atoms with E-state index in [0.29, 0.717) is 43.4 Å². The number of carbonyl (C=O) groups is 3. The average Bonchev–Trinajstić information content (AvgIpc) is 2.94. The molecule has 0 spiro atoms. The summed E-state index contributed by atoms with van der Waals surface area (Å²) in [5.74, 6) is -0.872. The van der Waals surface area contributed by atoms with Gasteiger partial charge in [0.1, 0.15) is 0 Å². The highest BCUT2D eigenvalue weighted by Gasteiger charge is 2.23. The van der Waals surface area contributed by atoms with Gasteiger partial charge in [0.05, 0.1) is 34.9 Å². The fraction of sp³-hybridized carbons (Fsp3) is 0.269. The summed E-state index contributed by atoms with van der Waals surface area (Å²) in [5, 5.41) is 16.7. The topological polar surface area (TPSA) is 160 Å². The van der Waals surface area contributed by atoms with E-state index < -0.39 is 16.8 Å². The predicted octanol–water partition coefficient (Wildman–Crippen LogP) is 2.57. The third-order valence-electron chi connectivity index (χ3n) is 5.96. The smallest absolute Gasteiger partial charge is 0.338 e. The Hall–Kier alpha value is -4.91. The number of nitro groups is 1. The van der Waals surface area contributed by atoms with Gasteiger partial charge in [-0.1, -0.05) is 0 Å². The Morgan fingerprint density at radius 3 is 2.33 bits per heavy atom. The summed E-state index contributed by atoms with van der Waals surface area (Å²) in [7, 11) is 0. The van der Waals surface area contributed by atoms with Gasteiger partial charge < -0.3 is 20.3 Å². The van der Waals surface area contributed by atoms with Crippen molar-refractivity contribution in [3.63, 3.8) is 0 Å². The highest BCUT2D eigenvalue weighted by Crippen LogP contribution is 2.24. The monoisotopic (exact) mass is 533 g/mol. The van der Waals surface area contributed by atoms with Crippen molar-refractivity contribution in [3.05, 3.63) is 82.2 Å². The molecule has 2 amide bonds. The van der Waals surface area contributed by atoms with Crippen molar-refractivity contribution in [2.75, 3.05) is 54.9 Å². The van der Waals surface area contributed by atoms with Crippen molar-refractivity contribution in [2.24, 2.45) is 0 Å². The third-order valence-corrected chi connectivity index (χ3v) is 5.96. The number of amides is 2. The van der Waals surface area contributed by atoms with E-state index in [4.69, 9.17) is 4.74 Å². The lowest BCUT2D eigenvalue weighted by molar-refractivity contribution is -0.384. The molecule has 1 saturated heterocycles. The molecule has 0 aliphatic carbocycles. The summed E-state index contributed by atoms with van der Waals surface area (Å²) in [6, 6.07) is 11.4. The zero-order chi connectivity index (χ0) is 27.8. The molecule has 0 saturated carbocycles. The van der Waals surface area contributed by atoms with E-state index in [1.165, 1.54) is 36.4 Å². The van der Waals surface area contributed by atoms with Gasteiger partial charge in [-0.05, 0) is 43.3 Å². The summed E-state index contributed by atoms with van der Waals surface area (Å²) in [5.41, 5.74) is 0.447. The van der Waals surface area contributed by atoms with Gasteiger partial charge in [-0.2, -0.15) is 0 Å². The van der Waals surface area contributed by atoms with Gasteiger partial charge in [0.25, 0.3) is 11.6 Å². The second kappa shape index (κ2) is 12.6. The van der Waals surface area contributed by atoms with Crippen LogP contribution in [0.2, 0.25) is 0 Å². The Morgan fingerprint density at radius 1 is 1.00 bits per heavy atom. The van der Waals surface area contributed by atoms with Gasteiger partial charge in [0.2, 0.25) is 11.9 Å². The Balaban J connectivity index is 1.41. The number of hydrogen-bond donors (Lipinski definition) is 2. The minimum atomic E-state index is -0.658. The number of non-ortho nitro benzene ring substituents is 1. The van der Waals surface area contributed by atoms with Crippen molar-refractivity contribution < 1.29 is 24.0 Å². The number of aromatic nitrogens is 2. The van der Waals surface area contributed by atoms with Gasteiger partial charge in [0.15, 0.2) is 0 Å². The lowest BCUT2D eigenvalue weighted by atomic mass is 10.1. The Morgan fingerprint density at radius 2 is 1.69 bits per heavy atom. The zero-order valence-corrected chi connectivity index (χ0v) is 21.2. The number of nitrogens with one attached hydrogen (secondary N) is 2. The number of piperazine rings is 1. The number of ether oxygens (including phenoxy) is 1. The fourth-order valence-corrected chi connectivity index (χ4v) is 4.00.